The Balaban J connectivity index is 1.47. The van der Waals surface area contributed by atoms with Crippen LogP contribution in [-0.4, -0.2) is 58.1 Å². The molecule has 1 atom stereocenters. The maximum absolute atomic E-state index is 12.5. The summed E-state index contributed by atoms with van der Waals surface area (Å²) in [5, 5.41) is 3.91. The van der Waals surface area contributed by atoms with Crippen molar-refractivity contribution in [2.24, 2.45) is 5.73 Å². The fourth-order valence-electron chi connectivity index (χ4n) is 2.92. The summed E-state index contributed by atoms with van der Waals surface area (Å²) in [4.78, 5) is 20.8. The van der Waals surface area contributed by atoms with Gasteiger partial charge in [0.05, 0.1) is 12.6 Å². The third kappa shape index (κ3) is 4.18. The fraction of sp³-hybridized carbons (Fsp3) is 0.471. The van der Waals surface area contributed by atoms with E-state index >= 15 is 0 Å². The van der Waals surface area contributed by atoms with Gasteiger partial charge in [-0.05, 0) is 12.0 Å². The predicted molar refractivity (Wildman–Crippen MR) is 89.0 cm³/mol. The van der Waals surface area contributed by atoms with Crippen LogP contribution >= 0.6 is 0 Å². The zero-order valence-corrected chi connectivity index (χ0v) is 13.9. The summed E-state index contributed by atoms with van der Waals surface area (Å²) in [7, 11) is 0. The van der Waals surface area contributed by atoms with E-state index in [9.17, 15) is 4.79 Å². The molecule has 2 heterocycles. The minimum atomic E-state index is -0.487. The lowest BCUT2D eigenvalue weighted by Crippen LogP contribution is -2.53. The van der Waals surface area contributed by atoms with Crippen LogP contribution in [0.15, 0.2) is 34.9 Å². The molecule has 1 unspecified atom stereocenters. The van der Waals surface area contributed by atoms with Gasteiger partial charge in [-0.2, -0.15) is 4.98 Å². The quantitative estimate of drug-likeness (QED) is 0.864. The minimum Gasteiger partial charge on any atom is -0.340 e. The first-order chi connectivity index (χ1) is 11.6. The molecule has 0 radical (unpaired) electrons. The molecule has 128 valence electrons. The number of carbonyl (C=O) groups is 1. The van der Waals surface area contributed by atoms with E-state index in [1.54, 1.807) is 6.92 Å². The normalized spacial score (nSPS) is 17.0. The highest BCUT2D eigenvalue weighted by Gasteiger charge is 2.25. The molecule has 1 aliphatic heterocycles. The Morgan fingerprint density at radius 2 is 1.96 bits per heavy atom. The van der Waals surface area contributed by atoms with Crippen molar-refractivity contribution < 1.29 is 9.32 Å². The van der Waals surface area contributed by atoms with Gasteiger partial charge >= 0.3 is 0 Å². The van der Waals surface area contributed by atoms with Crippen LogP contribution in [-0.2, 0) is 17.8 Å². The summed E-state index contributed by atoms with van der Waals surface area (Å²) in [5.74, 6) is 1.28. The maximum Gasteiger partial charge on any atom is 0.239 e. The number of carbonyl (C=O) groups excluding carboxylic acids is 1. The van der Waals surface area contributed by atoms with Crippen molar-refractivity contribution in [1.82, 2.24) is 19.9 Å². The molecule has 1 aromatic heterocycles. The van der Waals surface area contributed by atoms with Gasteiger partial charge < -0.3 is 15.2 Å². The third-order valence-electron chi connectivity index (χ3n) is 4.23. The third-order valence-corrected chi connectivity index (χ3v) is 4.23. The van der Waals surface area contributed by atoms with Gasteiger partial charge in [-0.15, -0.1) is 0 Å². The zero-order valence-electron chi connectivity index (χ0n) is 13.9. The maximum atomic E-state index is 12.5. The van der Waals surface area contributed by atoms with Crippen LogP contribution in [0.4, 0.5) is 0 Å². The van der Waals surface area contributed by atoms with Crippen molar-refractivity contribution in [3.05, 3.63) is 47.6 Å². The van der Waals surface area contributed by atoms with Crippen molar-refractivity contribution in [2.45, 2.75) is 25.9 Å². The number of hydrogen-bond acceptors (Lipinski definition) is 6. The molecule has 7 nitrogen and oxygen atoms in total. The summed E-state index contributed by atoms with van der Waals surface area (Å²) < 4.78 is 4.98. The molecule has 1 aliphatic rings. The van der Waals surface area contributed by atoms with Crippen LogP contribution in [0.2, 0.25) is 0 Å². The van der Waals surface area contributed by atoms with Crippen LogP contribution in [0.3, 0.4) is 0 Å². The number of aromatic nitrogens is 2. The van der Waals surface area contributed by atoms with E-state index in [4.69, 9.17) is 10.3 Å². The van der Waals surface area contributed by atoms with Gasteiger partial charge in [0.25, 0.3) is 0 Å². The lowest BCUT2D eigenvalue weighted by molar-refractivity contribution is -0.134. The number of nitrogens with two attached hydrogens (primary N) is 1. The first-order valence-electron chi connectivity index (χ1n) is 8.21. The molecule has 1 fully saturated rings. The average Bonchev–Trinajstić information content (AvgIpc) is 3.00. The zero-order chi connectivity index (χ0) is 16.9. The predicted octanol–water partition coefficient (Wildman–Crippen LogP) is 0.592. The Labute approximate surface area is 141 Å². The summed E-state index contributed by atoms with van der Waals surface area (Å²) in [5.41, 5.74) is 7.19. The van der Waals surface area contributed by atoms with Crippen molar-refractivity contribution >= 4 is 5.91 Å². The Kier molecular flexibility index (Phi) is 5.22. The van der Waals surface area contributed by atoms with Crippen LogP contribution in [0.25, 0.3) is 0 Å². The monoisotopic (exact) mass is 329 g/mol. The first kappa shape index (κ1) is 16.6. The van der Waals surface area contributed by atoms with Crippen LogP contribution in [0.5, 0.6) is 0 Å². The highest BCUT2D eigenvalue weighted by atomic mass is 16.5. The Morgan fingerprint density at radius 3 is 2.58 bits per heavy atom. The second-order valence-electron chi connectivity index (χ2n) is 6.13. The number of piperazine rings is 1. The van der Waals surface area contributed by atoms with Gasteiger partial charge in [-0.1, -0.05) is 35.5 Å². The number of hydrogen-bond donors (Lipinski definition) is 1. The lowest BCUT2D eigenvalue weighted by atomic mass is 10.1. The van der Waals surface area contributed by atoms with Crippen LogP contribution in [0.1, 0.15) is 17.3 Å². The van der Waals surface area contributed by atoms with E-state index in [1.165, 1.54) is 0 Å². The Bertz CT molecular complexity index is 665. The Hall–Kier alpha value is -2.25. The molecule has 0 spiro atoms. The molecule has 0 aliphatic carbocycles. The molecule has 7 heteroatoms. The lowest BCUT2D eigenvalue weighted by Gasteiger charge is -2.35. The van der Waals surface area contributed by atoms with E-state index < -0.39 is 6.04 Å². The standard InChI is InChI=1S/C17H23N5O2/c1-13-19-16(20-24-13)12-21-7-9-22(10-8-21)17(23)15(18)11-14-5-3-2-4-6-14/h2-6,15H,7-12,18H2,1H3. The topological polar surface area (TPSA) is 88.5 Å². The van der Waals surface area contributed by atoms with Gasteiger partial charge in [-0.3, -0.25) is 9.69 Å². The second kappa shape index (κ2) is 7.55. The highest BCUT2D eigenvalue weighted by Crippen LogP contribution is 2.09. The molecule has 0 saturated carbocycles. The number of nitrogens with zero attached hydrogens (tertiary/aromatic N) is 4. The average molecular weight is 329 g/mol. The smallest absolute Gasteiger partial charge is 0.239 e. The number of aryl methyl sites for hydroxylation is 1. The van der Waals surface area contributed by atoms with E-state index in [1.807, 2.05) is 35.2 Å². The van der Waals surface area contributed by atoms with Crippen LogP contribution in [0, 0.1) is 6.92 Å². The van der Waals surface area contributed by atoms with Crippen molar-refractivity contribution in [3.8, 4) is 0 Å². The van der Waals surface area contributed by atoms with E-state index in [0.29, 0.717) is 37.8 Å². The van der Waals surface area contributed by atoms with Gasteiger partial charge in [0.15, 0.2) is 5.82 Å². The SMILES string of the molecule is Cc1nc(CN2CCN(C(=O)C(N)Cc3ccccc3)CC2)no1. The summed E-state index contributed by atoms with van der Waals surface area (Å²) in [6, 6.07) is 9.39. The molecule has 2 aromatic rings. The molecule has 24 heavy (non-hydrogen) atoms. The first-order valence-corrected chi connectivity index (χ1v) is 8.21. The van der Waals surface area contributed by atoms with E-state index in [2.05, 4.69) is 15.0 Å². The molecular weight excluding hydrogens is 306 g/mol. The Morgan fingerprint density at radius 1 is 1.25 bits per heavy atom. The largest absolute Gasteiger partial charge is 0.340 e. The van der Waals surface area contributed by atoms with Gasteiger partial charge in [0.1, 0.15) is 0 Å². The van der Waals surface area contributed by atoms with Crippen LogP contribution < -0.4 is 5.73 Å². The highest BCUT2D eigenvalue weighted by molar-refractivity contribution is 5.82. The van der Waals surface area contributed by atoms with Gasteiger partial charge in [0.2, 0.25) is 11.8 Å². The fourth-order valence-corrected chi connectivity index (χ4v) is 2.92. The molecule has 0 bridgehead atoms. The minimum absolute atomic E-state index is 0.0221. The second-order valence-corrected chi connectivity index (χ2v) is 6.13. The summed E-state index contributed by atoms with van der Waals surface area (Å²) >= 11 is 0. The summed E-state index contributed by atoms with van der Waals surface area (Å²) in [6.45, 7) is 5.36. The molecule has 1 aromatic carbocycles. The molecule has 1 saturated heterocycles. The van der Waals surface area contributed by atoms with Crippen molar-refractivity contribution in [1.29, 1.82) is 0 Å². The van der Waals surface area contributed by atoms with Gasteiger partial charge in [-0.25, -0.2) is 0 Å². The van der Waals surface area contributed by atoms with E-state index in [-0.39, 0.29) is 5.91 Å². The van der Waals surface area contributed by atoms with Gasteiger partial charge in [0, 0.05) is 33.1 Å². The number of amides is 1. The number of benzene rings is 1. The van der Waals surface area contributed by atoms with Crippen molar-refractivity contribution in [2.75, 3.05) is 26.2 Å². The molecule has 2 N–H and O–H groups in total. The molecular formula is C17H23N5O2. The number of rotatable bonds is 5. The molecule has 3 rings (SSSR count). The van der Waals surface area contributed by atoms with Crippen molar-refractivity contribution in [3.63, 3.8) is 0 Å². The van der Waals surface area contributed by atoms with E-state index in [0.717, 1.165) is 18.7 Å². The molecule has 1 amide bonds. The summed E-state index contributed by atoms with van der Waals surface area (Å²) in [6.07, 6.45) is 0.571.